The molecule has 2 rings (SSSR count). The van der Waals surface area contributed by atoms with E-state index in [0.717, 1.165) is 11.4 Å². The zero-order valence-corrected chi connectivity index (χ0v) is 15.2. The normalized spacial score (nSPS) is 11.4. The van der Waals surface area contributed by atoms with Crippen molar-refractivity contribution in [1.82, 2.24) is 24.8 Å². The lowest BCUT2D eigenvalue weighted by atomic mass is 10.2. The number of carbonyl (C=O) groups is 1. The van der Waals surface area contributed by atoms with Crippen LogP contribution in [0.3, 0.4) is 0 Å². The van der Waals surface area contributed by atoms with Gasteiger partial charge in [-0.3, -0.25) is 0 Å². The summed E-state index contributed by atoms with van der Waals surface area (Å²) in [5, 5.41) is 0. The second kappa shape index (κ2) is 8.06. The number of imidazole rings is 1. The molecular weight excluding hydrogens is 320 g/mol. The highest BCUT2D eigenvalue weighted by Crippen LogP contribution is 2.13. The first kappa shape index (κ1) is 18.9. The molecule has 0 bridgehead atoms. The molecule has 2 heterocycles. The van der Waals surface area contributed by atoms with Crippen LogP contribution in [-0.2, 0) is 11.2 Å². The Labute approximate surface area is 147 Å². The Morgan fingerprint density at radius 2 is 2.08 bits per heavy atom. The Morgan fingerprint density at radius 3 is 2.68 bits per heavy atom. The third-order valence-corrected chi connectivity index (χ3v) is 3.31. The number of aromatic nitrogens is 4. The Hall–Kier alpha value is -2.48. The molecule has 0 aliphatic rings. The number of hydrogen-bond acceptors (Lipinski definition) is 6. The predicted molar refractivity (Wildman–Crippen MR) is 94.9 cm³/mol. The lowest BCUT2D eigenvalue weighted by Gasteiger charge is -2.27. The number of ether oxygens (including phenoxy) is 1. The van der Waals surface area contributed by atoms with E-state index >= 15 is 0 Å². The maximum Gasteiger partial charge on any atom is 0.410 e. The van der Waals surface area contributed by atoms with Gasteiger partial charge in [-0.05, 0) is 33.8 Å². The molecule has 0 saturated carbocycles. The van der Waals surface area contributed by atoms with Gasteiger partial charge >= 0.3 is 6.09 Å². The van der Waals surface area contributed by atoms with Crippen molar-refractivity contribution < 1.29 is 9.53 Å². The van der Waals surface area contributed by atoms with Gasteiger partial charge in [0.05, 0.1) is 0 Å². The van der Waals surface area contributed by atoms with Gasteiger partial charge in [0.25, 0.3) is 0 Å². The molecule has 25 heavy (non-hydrogen) atoms. The third kappa shape index (κ3) is 5.82. The molecule has 0 spiro atoms. The third-order valence-electron chi connectivity index (χ3n) is 3.31. The summed E-state index contributed by atoms with van der Waals surface area (Å²) in [6.07, 6.45) is 3.60. The average Bonchev–Trinajstić information content (AvgIpc) is 3.03. The van der Waals surface area contributed by atoms with Crippen LogP contribution >= 0.6 is 0 Å². The summed E-state index contributed by atoms with van der Waals surface area (Å²) in [5.74, 6) is 1.17. The number of aromatic amines is 1. The first-order valence-corrected chi connectivity index (χ1v) is 8.31. The van der Waals surface area contributed by atoms with Crippen LogP contribution in [0.5, 0.6) is 0 Å². The van der Waals surface area contributed by atoms with Gasteiger partial charge in [0.15, 0.2) is 11.6 Å². The van der Waals surface area contributed by atoms with E-state index in [1.165, 1.54) is 0 Å². The van der Waals surface area contributed by atoms with E-state index in [1.54, 1.807) is 17.3 Å². The molecule has 0 fully saturated rings. The fraction of sp³-hybridized carbons (Fsp3) is 0.529. The Bertz CT molecular complexity index is 694. The summed E-state index contributed by atoms with van der Waals surface area (Å²) in [4.78, 5) is 30.0. The molecular formula is C17H26N6O2. The Balaban J connectivity index is 2.08. The molecule has 0 atom stereocenters. The van der Waals surface area contributed by atoms with Gasteiger partial charge in [-0.25, -0.2) is 19.7 Å². The van der Waals surface area contributed by atoms with Gasteiger partial charge < -0.3 is 20.4 Å². The van der Waals surface area contributed by atoms with Crippen molar-refractivity contribution in [2.75, 3.05) is 19.6 Å². The van der Waals surface area contributed by atoms with Crippen LogP contribution in [0, 0.1) is 6.92 Å². The van der Waals surface area contributed by atoms with Crippen LogP contribution in [-0.4, -0.2) is 56.2 Å². The Morgan fingerprint density at radius 1 is 1.32 bits per heavy atom. The summed E-state index contributed by atoms with van der Waals surface area (Å²) in [7, 11) is 0. The molecule has 2 aromatic heterocycles. The zero-order chi connectivity index (χ0) is 18.4. The van der Waals surface area contributed by atoms with Crippen LogP contribution in [0.25, 0.3) is 11.6 Å². The fourth-order valence-corrected chi connectivity index (χ4v) is 2.28. The first-order valence-electron chi connectivity index (χ1n) is 8.31. The number of hydrogen-bond donors (Lipinski definition) is 2. The minimum atomic E-state index is -0.540. The Kier molecular flexibility index (Phi) is 6.08. The summed E-state index contributed by atoms with van der Waals surface area (Å²) < 4.78 is 5.43. The van der Waals surface area contributed by atoms with Crippen LogP contribution in [0.1, 0.15) is 32.2 Å². The molecule has 0 aliphatic heterocycles. The fourth-order valence-electron chi connectivity index (χ4n) is 2.28. The monoisotopic (exact) mass is 346 g/mol. The molecule has 8 heteroatoms. The van der Waals surface area contributed by atoms with Gasteiger partial charge in [0.2, 0.25) is 0 Å². The SMILES string of the molecule is Cc1cc(CCN(CCN)C(=O)OC(C)(C)C)nc(-c2ncc[nH]2)n1. The van der Waals surface area contributed by atoms with Crippen molar-refractivity contribution in [3.8, 4) is 11.6 Å². The molecule has 0 unspecified atom stereocenters. The van der Waals surface area contributed by atoms with Crippen LogP contribution in [0.4, 0.5) is 4.79 Å². The van der Waals surface area contributed by atoms with E-state index in [-0.39, 0.29) is 6.09 Å². The molecule has 0 aliphatic carbocycles. The lowest BCUT2D eigenvalue weighted by molar-refractivity contribution is 0.0257. The summed E-state index contributed by atoms with van der Waals surface area (Å²) in [6, 6.07) is 1.90. The molecule has 0 aromatic carbocycles. The van der Waals surface area contributed by atoms with Crippen LogP contribution in [0.15, 0.2) is 18.5 Å². The van der Waals surface area contributed by atoms with Crippen molar-refractivity contribution in [1.29, 1.82) is 0 Å². The lowest BCUT2D eigenvalue weighted by Crippen LogP contribution is -2.40. The molecule has 8 nitrogen and oxygen atoms in total. The van der Waals surface area contributed by atoms with E-state index in [4.69, 9.17) is 10.5 Å². The van der Waals surface area contributed by atoms with Crippen molar-refractivity contribution in [3.63, 3.8) is 0 Å². The topological polar surface area (TPSA) is 110 Å². The number of nitrogens with zero attached hydrogens (tertiary/aromatic N) is 4. The highest BCUT2D eigenvalue weighted by molar-refractivity contribution is 5.68. The zero-order valence-electron chi connectivity index (χ0n) is 15.2. The molecule has 0 saturated heterocycles. The van der Waals surface area contributed by atoms with E-state index < -0.39 is 5.60 Å². The molecule has 3 N–H and O–H groups in total. The number of nitrogens with one attached hydrogen (secondary N) is 1. The molecule has 0 radical (unpaired) electrons. The number of amides is 1. The highest BCUT2D eigenvalue weighted by Gasteiger charge is 2.21. The summed E-state index contributed by atoms with van der Waals surface area (Å²) in [5.41, 5.74) is 6.77. The van der Waals surface area contributed by atoms with Gasteiger partial charge in [-0.15, -0.1) is 0 Å². The predicted octanol–water partition coefficient (Wildman–Crippen LogP) is 1.91. The van der Waals surface area contributed by atoms with Crippen molar-refractivity contribution in [3.05, 3.63) is 29.8 Å². The quantitative estimate of drug-likeness (QED) is 0.827. The maximum atomic E-state index is 12.3. The second-order valence-corrected chi connectivity index (χ2v) is 6.77. The van der Waals surface area contributed by atoms with Gasteiger partial charge in [0.1, 0.15) is 5.60 Å². The number of aryl methyl sites for hydroxylation is 1. The average molecular weight is 346 g/mol. The van der Waals surface area contributed by atoms with Crippen molar-refractivity contribution in [2.24, 2.45) is 5.73 Å². The molecule has 136 valence electrons. The van der Waals surface area contributed by atoms with Crippen molar-refractivity contribution in [2.45, 2.75) is 39.7 Å². The summed E-state index contributed by atoms with van der Waals surface area (Å²) >= 11 is 0. The maximum absolute atomic E-state index is 12.3. The largest absolute Gasteiger partial charge is 0.444 e. The first-order chi connectivity index (χ1) is 11.8. The van der Waals surface area contributed by atoms with Crippen LogP contribution in [0.2, 0.25) is 0 Å². The minimum absolute atomic E-state index is 0.366. The van der Waals surface area contributed by atoms with Gasteiger partial charge in [-0.1, -0.05) is 0 Å². The van der Waals surface area contributed by atoms with E-state index in [1.807, 2.05) is 33.8 Å². The van der Waals surface area contributed by atoms with E-state index in [2.05, 4.69) is 19.9 Å². The minimum Gasteiger partial charge on any atom is -0.444 e. The number of rotatable bonds is 6. The van der Waals surface area contributed by atoms with E-state index in [0.29, 0.717) is 37.7 Å². The summed E-state index contributed by atoms with van der Waals surface area (Å²) in [6.45, 7) is 8.71. The van der Waals surface area contributed by atoms with Gasteiger partial charge in [0, 0.05) is 49.8 Å². The second-order valence-electron chi connectivity index (χ2n) is 6.77. The molecule has 2 aromatic rings. The van der Waals surface area contributed by atoms with E-state index in [9.17, 15) is 4.79 Å². The highest BCUT2D eigenvalue weighted by atomic mass is 16.6. The number of H-pyrrole nitrogens is 1. The van der Waals surface area contributed by atoms with Crippen LogP contribution < -0.4 is 5.73 Å². The van der Waals surface area contributed by atoms with Crippen molar-refractivity contribution >= 4 is 6.09 Å². The number of carbonyl (C=O) groups excluding carboxylic acids is 1. The number of nitrogens with two attached hydrogens (primary N) is 1. The van der Waals surface area contributed by atoms with Gasteiger partial charge in [-0.2, -0.15) is 0 Å². The smallest absolute Gasteiger partial charge is 0.410 e. The molecule has 1 amide bonds. The standard InChI is InChI=1S/C17H26N6O2/c1-12-11-13(22-15(21-12)14-19-7-8-20-14)5-9-23(10-6-18)16(24)25-17(2,3)4/h7-8,11H,5-6,9-10,18H2,1-4H3,(H,19,20).